The minimum Gasteiger partial charge on any atom is -0.322 e. The van der Waals surface area contributed by atoms with Crippen LogP contribution in [0.2, 0.25) is 5.15 Å². The summed E-state index contributed by atoms with van der Waals surface area (Å²) in [4.78, 5) is 16.0. The third kappa shape index (κ3) is 3.66. The molecule has 4 N–H and O–H groups in total. The highest BCUT2D eigenvalue weighted by molar-refractivity contribution is 9.10. The molecule has 7 heteroatoms. The number of nitrogen functional groups attached to an aromatic ring is 1. The largest absolute Gasteiger partial charge is 0.322 e. The molecule has 0 saturated heterocycles. The average Bonchev–Trinajstić information content (AvgIpc) is 2.38. The first kappa shape index (κ1) is 13.8. The van der Waals surface area contributed by atoms with E-state index in [4.69, 9.17) is 17.4 Å². The molecule has 0 aliphatic heterocycles. The second kappa shape index (κ2) is 6.01. The highest BCUT2D eigenvalue weighted by atomic mass is 79.9. The van der Waals surface area contributed by atoms with E-state index in [9.17, 15) is 4.79 Å². The molecule has 0 spiro atoms. The zero-order valence-corrected chi connectivity index (χ0v) is 12.0. The first-order chi connectivity index (χ1) is 9.08. The lowest BCUT2D eigenvalue weighted by Crippen LogP contribution is -2.14. The molecule has 0 aliphatic rings. The number of nitrogens with one attached hydrogen (secondary N) is 2. The molecular weight excluding hydrogens is 332 g/mol. The number of hydrogen-bond acceptors (Lipinski definition) is 4. The number of nitrogens with two attached hydrogens (primary N) is 1. The van der Waals surface area contributed by atoms with Crippen molar-refractivity contribution in [1.29, 1.82) is 0 Å². The predicted molar refractivity (Wildman–Crippen MR) is 79.2 cm³/mol. The van der Waals surface area contributed by atoms with Gasteiger partial charge in [0.1, 0.15) is 11.0 Å². The lowest BCUT2D eigenvalue weighted by molar-refractivity contribution is 0.102. The highest BCUT2D eigenvalue weighted by Crippen LogP contribution is 2.18. The molecule has 1 heterocycles. The minimum atomic E-state index is -0.293. The summed E-state index contributed by atoms with van der Waals surface area (Å²) in [5.41, 5.74) is 3.40. The number of halogens is 2. The topological polar surface area (TPSA) is 80.0 Å². The molecule has 2 aromatic rings. The van der Waals surface area contributed by atoms with Crippen molar-refractivity contribution >= 4 is 44.9 Å². The van der Waals surface area contributed by atoms with E-state index in [1.165, 1.54) is 12.1 Å². The molecule has 0 saturated carbocycles. The van der Waals surface area contributed by atoms with Crippen molar-refractivity contribution in [1.82, 2.24) is 4.98 Å². The Morgan fingerprint density at radius 3 is 2.79 bits per heavy atom. The van der Waals surface area contributed by atoms with E-state index < -0.39 is 0 Å². The van der Waals surface area contributed by atoms with Gasteiger partial charge in [-0.05, 0) is 30.3 Å². The summed E-state index contributed by atoms with van der Waals surface area (Å²) in [5, 5.41) is 2.94. The minimum absolute atomic E-state index is 0.190. The molecule has 0 atom stereocenters. The zero-order chi connectivity index (χ0) is 13.8. The Bertz CT molecular complexity index is 620. The fourth-order valence-electron chi connectivity index (χ4n) is 1.47. The Hall–Kier alpha value is -1.63. The van der Waals surface area contributed by atoms with E-state index in [0.29, 0.717) is 17.1 Å². The normalized spacial score (nSPS) is 10.1. The summed E-state index contributed by atoms with van der Waals surface area (Å²) < 4.78 is 0.877. The van der Waals surface area contributed by atoms with E-state index in [1.54, 1.807) is 12.1 Å². The van der Waals surface area contributed by atoms with E-state index in [0.717, 1.165) is 4.47 Å². The van der Waals surface area contributed by atoms with Gasteiger partial charge >= 0.3 is 0 Å². The van der Waals surface area contributed by atoms with Gasteiger partial charge in [-0.3, -0.25) is 4.79 Å². The van der Waals surface area contributed by atoms with Crippen LogP contribution in [0.25, 0.3) is 0 Å². The molecule has 0 radical (unpaired) electrons. The number of benzene rings is 1. The number of carbonyl (C=O) groups excluding carboxylic acids is 1. The van der Waals surface area contributed by atoms with Crippen molar-refractivity contribution in [2.24, 2.45) is 5.84 Å². The van der Waals surface area contributed by atoms with Gasteiger partial charge in [0.05, 0.1) is 0 Å². The molecule has 2 rings (SSSR count). The van der Waals surface area contributed by atoms with E-state index in [2.05, 4.69) is 31.7 Å². The fourth-order valence-corrected chi connectivity index (χ4v) is 2.08. The fraction of sp³-hybridized carbons (Fsp3) is 0. The third-order valence-electron chi connectivity index (χ3n) is 2.29. The summed E-state index contributed by atoms with van der Waals surface area (Å²) in [7, 11) is 0. The predicted octanol–water partition coefficient (Wildman–Crippen LogP) is 3.04. The van der Waals surface area contributed by atoms with Crippen molar-refractivity contribution < 1.29 is 4.79 Å². The van der Waals surface area contributed by atoms with E-state index >= 15 is 0 Å². The van der Waals surface area contributed by atoms with Gasteiger partial charge in [0.25, 0.3) is 5.91 Å². The number of nitrogens with zero attached hydrogens (tertiary/aromatic N) is 1. The van der Waals surface area contributed by atoms with Crippen molar-refractivity contribution in [3.63, 3.8) is 0 Å². The van der Waals surface area contributed by atoms with Crippen LogP contribution in [0, 0.1) is 0 Å². The molecule has 98 valence electrons. The molecule has 5 nitrogen and oxygen atoms in total. The van der Waals surface area contributed by atoms with Gasteiger partial charge in [-0.15, -0.1) is 0 Å². The Morgan fingerprint density at radius 2 is 2.11 bits per heavy atom. The number of amides is 1. The van der Waals surface area contributed by atoms with Crippen LogP contribution in [0.3, 0.4) is 0 Å². The molecule has 0 fully saturated rings. The first-order valence-electron chi connectivity index (χ1n) is 5.29. The van der Waals surface area contributed by atoms with Crippen LogP contribution in [0.5, 0.6) is 0 Å². The molecule has 1 amide bonds. The van der Waals surface area contributed by atoms with E-state index in [-0.39, 0.29) is 11.1 Å². The van der Waals surface area contributed by atoms with Crippen LogP contribution in [0.15, 0.2) is 40.9 Å². The third-order valence-corrected chi connectivity index (χ3v) is 2.97. The van der Waals surface area contributed by atoms with Crippen molar-refractivity contribution in [2.45, 2.75) is 0 Å². The maximum Gasteiger partial charge on any atom is 0.255 e. The Labute approximate surface area is 123 Å². The molecule has 19 heavy (non-hydrogen) atoms. The lowest BCUT2D eigenvalue weighted by Gasteiger charge is -2.07. The Balaban J connectivity index is 2.22. The first-order valence-corrected chi connectivity index (χ1v) is 6.47. The van der Waals surface area contributed by atoms with E-state index in [1.807, 2.05) is 12.1 Å². The van der Waals surface area contributed by atoms with Crippen molar-refractivity contribution in [3.8, 4) is 0 Å². The summed E-state index contributed by atoms with van der Waals surface area (Å²) in [6.07, 6.45) is 0. The number of aromatic nitrogens is 1. The monoisotopic (exact) mass is 340 g/mol. The quantitative estimate of drug-likeness (QED) is 0.455. The van der Waals surface area contributed by atoms with Crippen LogP contribution >= 0.6 is 27.5 Å². The second-order valence-electron chi connectivity index (χ2n) is 3.67. The van der Waals surface area contributed by atoms with Crippen LogP contribution in [0.1, 0.15) is 10.4 Å². The van der Waals surface area contributed by atoms with Gasteiger partial charge in [0.2, 0.25) is 0 Å². The van der Waals surface area contributed by atoms with Crippen molar-refractivity contribution in [2.75, 3.05) is 10.7 Å². The number of pyridine rings is 1. The van der Waals surface area contributed by atoms with Gasteiger partial charge in [0, 0.05) is 15.7 Å². The summed E-state index contributed by atoms with van der Waals surface area (Å²) in [6.45, 7) is 0. The SMILES string of the molecule is NNc1cc(C(=O)Nc2cccc(Br)c2)cc(Cl)n1. The molecule has 0 bridgehead atoms. The van der Waals surface area contributed by atoms with Crippen LogP contribution in [-0.2, 0) is 0 Å². The second-order valence-corrected chi connectivity index (χ2v) is 4.98. The summed E-state index contributed by atoms with van der Waals surface area (Å²) in [5.74, 6) is 5.28. The number of rotatable bonds is 3. The lowest BCUT2D eigenvalue weighted by atomic mass is 10.2. The van der Waals surface area contributed by atoms with Gasteiger partial charge in [-0.25, -0.2) is 10.8 Å². The molecule has 0 aliphatic carbocycles. The smallest absolute Gasteiger partial charge is 0.255 e. The van der Waals surface area contributed by atoms with Crippen molar-refractivity contribution in [3.05, 3.63) is 51.6 Å². The maximum atomic E-state index is 12.1. The summed E-state index contributed by atoms with van der Waals surface area (Å²) >= 11 is 9.14. The van der Waals surface area contributed by atoms with Crippen LogP contribution < -0.4 is 16.6 Å². The van der Waals surface area contributed by atoms with Crippen LogP contribution in [0.4, 0.5) is 11.5 Å². The van der Waals surface area contributed by atoms with Crippen LogP contribution in [-0.4, -0.2) is 10.9 Å². The van der Waals surface area contributed by atoms with Gasteiger partial charge in [-0.2, -0.15) is 0 Å². The standard InChI is InChI=1S/C12H10BrClN4O/c13-8-2-1-3-9(6-8)16-12(19)7-4-10(14)17-11(5-7)18-15/h1-6H,15H2,(H,16,19)(H,17,18). The number of hydrogen-bond donors (Lipinski definition) is 3. The van der Waals surface area contributed by atoms with Gasteiger partial charge < -0.3 is 10.7 Å². The zero-order valence-electron chi connectivity index (χ0n) is 9.65. The van der Waals surface area contributed by atoms with Gasteiger partial charge in [-0.1, -0.05) is 33.6 Å². The number of carbonyl (C=O) groups is 1. The summed E-state index contributed by atoms with van der Waals surface area (Å²) in [6, 6.07) is 10.3. The number of anilines is 2. The molecule has 1 aromatic heterocycles. The molecule has 0 unspecified atom stereocenters. The average molecular weight is 342 g/mol. The maximum absolute atomic E-state index is 12.1. The Morgan fingerprint density at radius 1 is 1.32 bits per heavy atom. The molecule has 1 aromatic carbocycles. The highest BCUT2D eigenvalue weighted by Gasteiger charge is 2.09. The van der Waals surface area contributed by atoms with Gasteiger partial charge in [0.15, 0.2) is 0 Å². The number of hydrazine groups is 1. The Kier molecular flexibility index (Phi) is 4.36. The molecular formula is C12H10BrClN4O.